The van der Waals surface area contributed by atoms with Crippen molar-refractivity contribution in [2.24, 2.45) is 0 Å². The van der Waals surface area contributed by atoms with Crippen LogP contribution in [0.3, 0.4) is 0 Å². The van der Waals surface area contributed by atoms with Gasteiger partial charge in [0, 0.05) is 11.1 Å². The van der Waals surface area contributed by atoms with E-state index in [-0.39, 0.29) is 17.2 Å². The largest absolute Gasteiger partial charge is 0.392 e. The normalized spacial score (nSPS) is 19.6. The molecule has 96 valence electrons. The molecule has 0 aromatic carbocycles. The summed E-state index contributed by atoms with van der Waals surface area (Å²) >= 11 is 0. The summed E-state index contributed by atoms with van der Waals surface area (Å²) in [4.78, 5) is 0. The van der Waals surface area contributed by atoms with Crippen LogP contribution in [0.5, 0.6) is 0 Å². The zero-order valence-corrected chi connectivity index (χ0v) is 10.5. The van der Waals surface area contributed by atoms with Gasteiger partial charge in [0.15, 0.2) is 5.03 Å². The Labute approximate surface area is 100 Å². The van der Waals surface area contributed by atoms with Crippen molar-refractivity contribution in [2.45, 2.75) is 49.8 Å². The molecule has 0 aliphatic heterocycles. The number of aromatic amines is 1. The third-order valence-corrected chi connectivity index (χ3v) is 4.86. The number of nitrogens with one attached hydrogen (secondary N) is 2. The molecule has 1 aliphatic carbocycles. The Hall–Kier alpha value is -0.920. The Morgan fingerprint density at radius 3 is 2.76 bits per heavy atom. The van der Waals surface area contributed by atoms with E-state index in [0.29, 0.717) is 5.56 Å². The maximum atomic E-state index is 12.1. The lowest BCUT2D eigenvalue weighted by Crippen LogP contribution is -2.43. The van der Waals surface area contributed by atoms with Crippen molar-refractivity contribution in [1.29, 1.82) is 0 Å². The molecule has 6 nitrogen and oxygen atoms in total. The Balaban J connectivity index is 2.25. The van der Waals surface area contributed by atoms with Crippen molar-refractivity contribution >= 4 is 10.0 Å². The molecule has 3 N–H and O–H groups in total. The van der Waals surface area contributed by atoms with Crippen LogP contribution in [-0.2, 0) is 16.6 Å². The molecule has 1 aromatic rings. The molecule has 0 unspecified atom stereocenters. The highest BCUT2D eigenvalue weighted by molar-refractivity contribution is 7.89. The predicted molar refractivity (Wildman–Crippen MR) is 61.7 cm³/mol. The van der Waals surface area contributed by atoms with Crippen LogP contribution in [-0.4, -0.2) is 29.3 Å². The highest BCUT2D eigenvalue weighted by atomic mass is 32.2. The second kappa shape index (κ2) is 4.40. The van der Waals surface area contributed by atoms with Gasteiger partial charge in [-0.1, -0.05) is 12.8 Å². The van der Waals surface area contributed by atoms with Crippen molar-refractivity contribution in [3.05, 3.63) is 11.8 Å². The van der Waals surface area contributed by atoms with Gasteiger partial charge in [-0.05, 0) is 19.8 Å². The molecule has 1 fully saturated rings. The number of aliphatic hydroxyl groups is 1. The lowest BCUT2D eigenvalue weighted by atomic mass is 10.0. The molecular weight excluding hydrogens is 242 g/mol. The highest BCUT2D eigenvalue weighted by Crippen LogP contribution is 2.30. The summed E-state index contributed by atoms with van der Waals surface area (Å²) in [7, 11) is -3.63. The van der Waals surface area contributed by atoms with Crippen molar-refractivity contribution in [3.8, 4) is 0 Å². The fourth-order valence-electron chi connectivity index (χ4n) is 2.28. The second-order valence-corrected chi connectivity index (χ2v) is 6.37. The second-order valence-electron chi connectivity index (χ2n) is 4.76. The SMILES string of the molecule is CC1(NS(=O)(=O)c2[nH]ncc2CO)CCCC1. The fraction of sp³-hybridized carbons (Fsp3) is 0.700. The molecule has 1 heterocycles. The number of nitrogens with zero attached hydrogens (tertiary/aromatic N) is 1. The molecule has 0 radical (unpaired) electrons. The minimum Gasteiger partial charge on any atom is -0.392 e. The molecule has 0 bridgehead atoms. The van der Waals surface area contributed by atoms with Crippen LogP contribution in [0.15, 0.2) is 11.2 Å². The molecule has 7 heteroatoms. The van der Waals surface area contributed by atoms with Crippen LogP contribution in [0.2, 0.25) is 0 Å². The first-order chi connectivity index (χ1) is 7.97. The summed E-state index contributed by atoms with van der Waals surface area (Å²) in [6.45, 7) is 1.57. The fourth-order valence-corrected chi connectivity index (χ4v) is 3.87. The first-order valence-electron chi connectivity index (χ1n) is 5.64. The van der Waals surface area contributed by atoms with Crippen LogP contribution >= 0.6 is 0 Å². The summed E-state index contributed by atoms with van der Waals surface area (Å²) in [6.07, 6.45) is 5.08. The third-order valence-electron chi connectivity index (χ3n) is 3.21. The molecule has 0 spiro atoms. The van der Waals surface area contributed by atoms with Crippen LogP contribution in [0, 0.1) is 0 Å². The van der Waals surface area contributed by atoms with Crippen LogP contribution in [0.25, 0.3) is 0 Å². The average Bonchev–Trinajstić information content (AvgIpc) is 2.85. The maximum Gasteiger partial charge on any atom is 0.258 e. The zero-order chi connectivity index (χ0) is 12.5. The van der Waals surface area contributed by atoms with Gasteiger partial charge < -0.3 is 5.11 Å². The zero-order valence-electron chi connectivity index (χ0n) is 9.73. The van der Waals surface area contributed by atoms with E-state index >= 15 is 0 Å². The minimum atomic E-state index is -3.63. The van der Waals surface area contributed by atoms with Gasteiger partial charge in [0.25, 0.3) is 10.0 Å². The quantitative estimate of drug-likeness (QED) is 0.734. The van der Waals surface area contributed by atoms with E-state index in [4.69, 9.17) is 5.11 Å². The molecule has 0 saturated heterocycles. The lowest BCUT2D eigenvalue weighted by Gasteiger charge is -2.24. The van der Waals surface area contributed by atoms with Gasteiger partial charge in [0.1, 0.15) is 0 Å². The van der Waals surface area contributed by atoms with E-state index < -0.39 is 10.0 Å². The average molecular weight is 259 g/mol. The monoisotopic (exact) mass is 259 g/mol. The first-order valence-corrected chi connectivity index (χ1v) is 7.12. The Bertz CT molecular complexity index is 489. The van der Waals surface area contributed by atoms with Crippen molar-refractivity contribution < 1.29 is 13.5 Å². The van der Waals surface area contributed by atoms with Crippen LogP contribution in [0.4, 0.5) is 0 Å². The minimum absolute atomic E-state index is 0.0341. The number of aliphatic hydroxyl groups excluding tert-OH is 1. The van der Waals surface area contributed by atoms with Crippen molar-refractivity contribution in [3.63, 3.8) is 0 Å². The summed E-state index contributed by atoms with van der Waals surface area (Å²) in [5.41, 5.74) is -0.0875. The number of rotatable bonds is 4. The van der Waals surface area contributed by atoms with Gasteiger partial charge in [0.2, 0.25) is 0 Å². The smallest absolute Gasteiger partial charge is 0.258 e. The third kappa shape index (κ3) is 2.51. The summed E-state index contributed by atoms with van der Waals surface area (Å²) in [5.74, 6) is 0. The molecule has 1 aromatic heterocycles. The molecular formula is C10H17N3O3S. The van der Waals surface area contributed by atoms with Gasteiger partial charge in [0.05, 0.1) is 12.8 Å². The summed E-state index contributed by atoms with van der Waals surface area (Å²) in [6, 6.07) is 0. The Morgan fingerprint density at radius 2 is 2.18 bits per heavy atom. The number of sulfonamides is 1. The molecule has 0 amide bonds. The predicted octanol–water partition coefficient (Wildman–Crippen LogP) is 0.513. The highest BCUT2D eigenvalue weighted by Gasteiger charge is 2.34. The number of H-pyrrole nitrogens is 1. The topological polar surface area (TPSA) is 95.1 Å². The van der Waals surface area contributed by atoms with E-state index in [9.17, 15) is 8.42 Å². The van der Waals surface area contributed by atoms with E-state index in [0.717, 1.165) is 25.7 Å². The number of hydrogen-bond donors (Lipinski definition) is 3. The molecule has 1 saturated carbocycles. The molecule has 2 rings (SSSR count). The van der Waals surface area contributed by atoms with Gasteiger partial charge in [-0.3, -0.25) is 5.10 Å². The molecule has 0 atom stereocenters. The number of aromatic nitrogens is 2. The van der Waals surface area contributed by atoms with Crippen LogP contribution in [0.1, 0.15) is 38.2 Å². The maximum absolute atomic E-state index is 12.1. The standard InChI is InChI=1S/C10H17N3O3S/c1-10(4-2-3-5-10)13-17(15,16)9-8(7-14)6-11-12-9/h6,13-14H,2-5,7H2,1H3,(H,11,12). The Kier molecular flexibility index (Phi) is 3.24. The molecule has 1 aliphatic rings. The van der Waals surface area contributed by atoms with Crippen molar-refractivity contribution in [1.82, 2.24) is 14.9 Å². The Morgan fingerprint density at radius 1 is 1.53 bits per heavy atom. The van der Waals surface area contributed by atoms with E-state index in [1.807, 2.05) is 6.92 Å². The van der Waals surface area contributed by atoms with Crippen molar-refractivity contribution in [2.75, 3.05) is 0 Å². The van der Waals surface area contributed by atoms with Gasteiger partial charge in [-0.25, -0.2) is 13.1 Å². The lowest BCUT2D eigenvalue weighted by molar-refractivity contribution is 0.278. The van der Waals surface area contributed by atoms with Gasteiger partial charge in [-0.15, -0.1) is 0 Å². The number of hydrogen-bond acceptors (Lipinski definition) is 4. The summed E-state index contributed by atoms with van der Waals surface area (Å²) < 4.78 is 27.0. The molecule has 17 heavy (non-hydrogen) atoms. The van der Waals surface area contributed by atoms with E-state index in [1.165, 1.54) is 6.20 Å². The van der Waals surface area contributed by atoms with E-state index in [2.05, 4.69) is 14.9 Å². The van der Waals surface area contributed by atoms with Crippen LogP contribution < -0.4 is 4.72 Å². The summed E-state index contributed by atoms with van der Waals surface area (Å²) in [5, 5.41) is 15.1. The van der Waals surface area contributed by atoms with E-state index in [1.54, 1.807) is 0 Å². The first kappa shape index (κ1) is 12.5. The van der Waals surface area contributed by atoms with Gasteiger partial charge in [-0.2, -0.15) is 5.10 Å². The van der Waals surface area contributed by atoms with Gasteiger partial charge >= 0.3 is 0 Å².